The van der Waals surface area contributed by atoms with Crippen LogP contribution in [-0.2, 0) is 6.42 Å². The Hall–Kier alpha value is -2.27. The molecule has 118 valence electrons. The zero-order valence-corrected chi connectivity index (χ0v) is 14.2. The van der Waals surface area contributed by atoms with Gasteiger partial charge in [-0.15, -0.1) is 0 Å². The van der Waals surface area contributed by atoms with Crippen LogP contribution in [0.25, 0.3) is 11.0 Å². The molecule has 0 saturated carbocycles. The molecule has 23 heavy (non-hydrogen) atoms. The second kappa shape index (κ2) is 6.87. The number of methoxy groups -OCH3 is 1. The normalized spacial score (nSPS) is 10.7. The first-order valence-corrected chi connectivity index (χ1v) is 8.06. The standard InChI is InChI=1S/C18H16BrNO3/c1-22-14-7-5-12(6-8-14)9-10-20-18(21)16-11-13-3-2-4-15(19)17(13)23-16/h2-8,11H,9-10H2,1H3,(H,20,21). The number of amides is 1. The number of carbonyl (C=O) groups excluding carboxylic acids is 1. The van der Waals surface area contributed by atoms with Gasteiger partial charge in [-0.3, -0.25) is 4.79 Å². The predicted molar refractivity (Wildman–Crippen MR) is 92.9 cm³/mol. The number of nitrogens with one attached hydrogen (secondary N) is 1. The Morgan fingerprint density at radius 2 is 2.00 bits per heavy atom. The number of ether oxygens (including phenoxy) is 1. The first-order valence-electron chi connectivity index (χ1n) is 7.26. The van der Waals surface area contributed by atoms with Gasteiger partial charge < -0.3 is 14.5 Å². The van der Waals surface area contributed by atoms with Crippen molar-refractivity contribution in [3.63, 3.8) is 0 Å². The lowest BCUT2D eigenvalue weighted by atomic mass is 10.1. The van der Waals surface area contributed by atoms with Gasteiger partial charge in [0, 0.05) is 11.9 Å². The smallest absolute Gasteiger partial charge is 0.287 e. The van der Waals surface area contributed by atoms with Crippen LogP contribution in [0.3, 0.4) is 0 Å². The van der Waals surface area contributed by atoms with Gasteiger partial charge in [0.2, 0.25) is 0 Å². The largest absolute Gasteiger partial charge is 0.497 e. The van der Waals surface area contributed by atoms with E-state index in [2.05, 4.69) is 21.2 Å². The Balaban J connectivity index is 1.60. The summed E-state index contributed by atoms with van der Waals surface area (Å²) in [5.41, 5.74) is 1.83. The summed E-state index contributed by atoms with van der Waals surface area (Å²) in [4.78, 5) is 12.2. The lowest BCUT2D eigenvalue weighted by Gasteiger charge is -2.05. The van der Waals surface area contributed by atoms with Crippen LogP contribution in [0.15, 0.2) is 57.4 Å². The third kappa shape index (κ3) is 3.56. The van der Waals surface area contributed by atoms with Gasteiger partial charge in [-0.05, 0) is 52.2 Å². The molecule has 0 aliphatic heterocycles. The molecule has 0 aliphatic carbocycles. The Morgan fingerprint density at radius 3 is 2.70 bits per heavy atom. The monoisotopic (exact) mass is 373 g/mol. The van der Waals surface area contributed by atoms with E-state index in [9.17, 15) is 4.79 Å². The summed E-state index contributed by atoms with van der Waals surface area (Å²) in [6.07, 6.45) is 0.750. The summed E-state index contributed by atoms with van der Waals surface area (Å²) in [7, 11) is 1.64. The fourth-order valence-electron chi connectivity index (χ4n) is 2.34. The van der Waals surface area contributed by atoms with Gasteiger partial charge >= 0.3 is 0 Å². The first-order chi connectivity index (χ1) is 11.2. The van der Waals surface area contributed by atoms with Gasteiger partial charge in [0.25, 0.3) is 5.91 Å². The Morgan fingerprint density at radius 1 is 1.22 bits per heavy atom. The maximum atomic E-state index is 12.2. The van der Waals surface area contributed by atoms with E-state index in [0.717, 1.165) is 27.6 Å². The number of carbonyl (C=O) groups is 1. The SMILES string of the molecule is COc1ccc(CCNC(=O)c2cc3cccc(Br)c3o2)cc1. The van der Waals surface area contributed by atoms with Crippen LogP contribution in [0.4, 0.5) is 0 Å². The van der Waals surface area contributed by atoms with E-state index in [1.165, 1.54) is 0 Å². The molecule has 0 saturated heterocycles. The first kappa shape index (κ1) is 15.6. The minimum atomic E-state index is -0.207. The van der Waals surface area contributed by atoms with E-state index in [1.54, 1.807) is 13.2 Å². The minimum Gasteiger partial charge on any atom is -0.497 e. The van der Waals surface area contributed by atoms with Crippen LogP contribution in [0, 0.1) is 0 Å². The summed E-state index contributed by atoms with van der Waals surface area (Å²) in [6, 6.07) is 15.3. The molecular formula is C18H16BrNO3. The fraction of sp³-hybridized carbons (Fsp3) is 0.167. The zero-order chi connectivity index (χ0) is 16.2. The Labute approximate surface area is 142 Å². The number of fused-ring (bicyclic) bond motifs is 1. The van der Waals surface area contributed by atoms with E-state index >= 15 is 0 Å². The number of rotatable bonds is 5. The van der Waals surface area contributed by atoms with Crippen molar-refractivity contribution in [2.75, 3.05) is 13.7 Å². The molecule has 3 rings (SSSR count). The molecule has 1 heterocycles. The van der Waals surface area contributed by atoms with Gasteiger partial charge in [0.05, 0.1) is 11.6 Å². The number of hydrogen-bond acceptors (Lipinski definition) is 3. The summed E-state index contributed by atoms with van der Waals surface area (Å²) < 4.78 is 11.6. The predicted octanol–water partition coefficient (Wildman–Crippen LogP) is 4.18. The number of hydrogen-bond donors (Lipinski definition) is 1. The summed E-state index contributed by atoms with van der Waals surface area (Å²) in [6.45, 7) is 0.545. The van der Waals surface area contributed by atoms with Crippen LogP contribution in [-0.4, -0.2) is 19.6 Å². The lowest BCUT2D eigenvalue weighted by molar-refractivity contribution is 0.0928. The van der Waals surface area contributed by atoms with Crippen molar-refractivity contribution in [1.29, 1.82) is 0 Å². The molecule has 0 unspecified atom stereocenters. The van der Waals surface area contributed by atoms with Gasteiger partial charge in [0.1, 0.15) is 11.3 Å². The molecule has 0 atom stereocenters. The van der Waals surface area contributed by atoms with Crippen LogP contribution in [0.2, 0.25) is 0 Å². The topological polar surface area (TPSA) is 51.5 Å². The second-order valence-electron chi connectivity index (χ2n) is 5.12. The van der Waals surface area contributed by atoms with E-state index in [1.807, 2.05) is 42.5 Å². The van der Waals surface area contributed by atoms with Crippen molar-refractivity contribution in [3.05, 3.63) is 64.3 Å². The number of halogens is 1. The van der Waals surface area contributed by atoms with E-state index in [0.29, 0.717) is 17.9 Å². The molecule has 0 fully saturated rings. The molecule has 0 radical (unpaired) electrons. The highest BCUT2D eigenvalue weighted by atomic mass is 79.9. The van der Waals surface area contributed by atoms with Crippen molar-refractivity contribution in [3.8, 4) is 5.75 Å². The van der Waals surface area contributed by atoms with Crippen LogP contribution in [0.1, 0.15) is 16.1 Å². The van der Waals surface area contributed by atoms with Crippen molar-refractivity contribution in [2.24, 2.45) is 0 Å². The van der Waals surface area contributed by atoms with Crippen molar-refractivity contribution < 1.29 is 13.9 Å². The molecule has 3 aromatic rings. The molecular weight excluding hydrogens is 358 g/mol. The molecule has 0 spiro atoms. The molecule has 0 aliphatic rings. The molecule has 1 N–H and O–H groups in total. The highest BCUT2D eigenvalue weighted by Crippen LogP contribution is 2.26. The minimum absolute atomic E-state index is 0.207. The van der Waals surface area contributed by atoms with Crippen LogP contribution >= 0.6 is 15.9 Å². The molecule has 0 bridgehead atoms. The average molecular weight is 374 g/mol. The Kier molecular flexibility index (Phi) is 4.67. The van der Waals surface area contributed by atoms with Crippen LogP contribution < -0.4 is 10.1 Å². The third-order valence-corrected chi connectivity index (χ3v) is 4.20. The van der Waals surface area contributed by atoms with Crippen molar-refractivity contribution in [1.82, 2.24) is 5.32 Å². The molecule has 1 amide bonds. The average Bonchev–Trinajstić information content (AvgIpc) is 3.01. The van der Waals surface area contributed by atoms with Crippen molar-refractivity contribution in [2.45, 2.75) is 6.42 Å². The van der Waals surface area contributed by atoms with Gasteiger partial charge in [0.15, 0.2) is 5.76 Å². The summed E-state index contributed by atoms with van der Waals surface area (Å²) in [5.74, 6) is 0.939. The highest BCUT2D eigenvalue weighted by molar-refractivity contribution is 9.10. The zero-order valence-electron chi connectivity index (χ0n) is 12.6. The summed E-state index contributed by atoms with van der Waals surface area (Å²) >= 11 is 3.42. The quantitative estimate of drug-likeness (QED) is 0.729. The molecule has 2 aromatic carbocycles. The van der Waals surface area contributed by atoms with E-state index in [4.69, 9.17) is 9.15 Å². The number of para-hydroxylation sites is 1. The van der Waals surface area contributed by atoms with Crippen molar-refractivity contribution >= 4 is 32.8 Å². The van der Waals surface area contributed by atoms with Crippen LogP contribution in [0.5, 0.6) is 5.75 Å². The van der Waals surface area contributed by atoms with E-state index in [-0.39, 0.29) is 5.91 Å². The highest BCUT2D eigenvalue weighted by Gasteiger charge is 2.13. The van der Waals surface area contributed by atoms with Gasteiger partial charge in [-0.2, -0.15) is 0 Å². The third-order valence-electron chi connectivity index (χ3n) is 3.58. The lowest BCUT2D eigenvalue weighted by Crippen LogP contribution is -2.25. The van der Waals surface area contributed by atoms with E-state index < -0.39 is 0 Å². The summed E-state index contributed by atoms with van der Waals surface area (Å²) in [5, 5.41) is 3.78. The number of benzene rings is 2. The van der Waals surface area contributed by atoms with Gasteiger partial charge in [-0.1, -0.05) is 24.3 Å². The molecule has 4 nitrogen and oxygen atoms in total. The molecule has 5 heteroatoms. The maximum Gasteiger partial charge on any atom is 0.287 e. The number of furan rings is 1. The Bertz CT molecular complexity index is 824. The molecule has 1 aromatic heterocycles. The van der Waals surface area contributed by atoms with Gasteiger partial charge in [-0.25, -0.2) is 0 Å². The maximum absolute atomic E-state index is 12.2. The fourth-order valence-corrected chi connectivity index (χ4v) is 2.80. The second-order valence-corrected chi connectivity index (χ2v) is 5.98.